The summed E-state index contributed by atoms with van der Waals surface area (Å²) in [4.78, 5) is 2.22. The third kappa shape index (κ3) is 4.26. The maximum atomic E-state index is 5.96. The highest BCUT2D eigenvalue weighted by Gasteiger charge is 2.25. The molecule has 8 nitrogen and oxygen atoms in total. The van der Waals surface area contributed by atoms with E-state index in [4.69, 9.17) is 9.15 Å². The van der Waals surface area contributed by atoms with Gasteiger partial charge in [0.25, 0.3) is 0 Å². The molecule has 5 rings (SSSR count). The van der Waals surface area contributed by atoms with Crippen LogP contribution in [0.25, 0.3) is 17.1 Å². The van der Waals surface area contributed by atoms with Crippen LogP contribution < -0.4 is 4.90 Å². The lowest BCUT2D eigenvalue weighted by molar-refractivity contribution is 0.122. The lowest BCUT2D eigenvalue weighted by Gasteiger charge is -2.28. The van der Waals surface area contributed by atoms with Gasteiger partial charge in [-0.2, -0.15) is 0 Å². The fraction of sp³-hybridized carbons (Fsp3) is 0.304. The van der Waals surface area contributed by atoms with E-state index in [1.54, 1.807) is 11.8 Å². The van der Waals surface area contributed by atoms with Crippen molar-refractivity contribution >= 4 is 17.7 Å². The van der Waals surface area contributed by atoms with E-state index in [9.17, 15) is 0 Å². The Morgan fingerprint density at radius 3 is 2.53 bits per heavy atom. The summed E-state index contributed by atoms with van der Waals surface area (Å²) >= 11 is 1.55. The van der Waals surface area contributed by atoms with Crippen LogP contribution in [0, 0.1) is 6.92 Å². The summed E-state index contributed by atoms with van der Waals surface area (Å²) in [7, 11) is 0. The Labute approximate surface area is 190 Å². The lowest BCUT2D eigenvalue weighted by Crippen LogP contribution is -2.37. The fourth-order valence-corrected chi connectivity index (χ4v) is 4.50. The summed E-state index contributed by atoms with van der Waals surface area (Å²) in [6.45, 7) is 7.06. The molecule has 3 heterocycles. The Kier molecular flexibility index (Phi) is 5.91. The molecule has 1 saturated heterocycles. The molecule has 4 aromatic rings. The molecule has 1 fully saturated rings. The standard InChI is InChI=1S/C23H24N6O2S/c1-16-7-6-10-19(15-16)29-22(28-11-13-30-14-12-28)26-27-23(29)32-17(2)20-24-25-21(31-20)18-8-4-3-5-9-18/h3-10,15,17H,11-14H2,1-2H3/t17-/m1/s1. The van der Waals surface area contributed by atoms with Crippen molar-refractivity contribution < 1.29 is 9.15 Å². The normalized spacial score (nSPS) is 15.1. The maximum absolute atomic E-state index is 5.96. The number of benzene rings is 2. The largest absolute Gasteiger partial charge is 0.419 e. The average Bonchev–Trinajstić information content (AvgIpc) is 3.48. The molecule has 9 heteroatoms. The predicted molar refractivity (Wildman–Crippen MR) is 123 cm³/mol. The monoisotopic (exact) mass is 448 g/mol. The molecule has 1 atom stereocenters. The number of nitrogens with zero attached hydrogens (tertiary/aromatic N) is 6. The smallest absolute Gasteiger partial charge is 0.247 e. The van der Waals surface area contributed by atoms with Crippen molar-refractivity contribution in [1.82, 2.24) is 25.0 Å². The number of hydrogen-bond donors (Lipinski definition) is 0. The van der Waals surface area contributed by atoms with Gasteiger partial charge in [-0.1, -0.05) is 42.1 Å². The summed E-state index contributed by atoms with van der Waals surface area (Å²) in [6.07, 6.45) is 0. The zero-order valence-electron chi connectivity index (χ0n) is 18.0. The second kappa shape index (κ2) is 9.13. The van der Waals surface area contributed by atoms with Crippen LogP contribution in [0.4, 0.5) is 5.95 Å². The van der Waals surface area contributed by atoms with Crippen molar-refractivity contribution in [3.8, 4) is 17.1 Å². The number of rotatable bonds is 6. The molecule has 0 unspecified atom stereocenters. The summed E-state index contributed by atoms with van der Waals surface area (Å²) in [5.41, 5.74) is 3.11. The van der Waals surface area contributed by atoms with Gasteiger partial charge in [0.1, 0.15) is 0 Å². The van der Waals surface area contributed by atoms with Crippen LogP contribution in [-0.4, -0.2) is 51.3 Å². The van der Waals surface area contributed by atoms with Crippen LogP contribution >= 0.6 is 11.8 Å². The van der Waals surface area contributed by atoms with Crippen molar-refractivity contribution in [2.24, 2.45) is 0 Å². The molecular formula is C23H24N6O2S. The van der Waals surface area contributed by atoms with E-state index >= 15 is 0 Å². The molecule has 0 amide bonds. The van der Waals surface area contributed by atoms with E-state index in [0.717, 1.165) is 35.4 Å². The highest BCUT2D eigenvalue weighted by atomic mass is 32.2. The first-order valence-electron chi connectivity index (χ1n) is 10.6. The van der Waals surface area contributed by atoms with Crippen molar-refractivity contribution in [2.45, 2.75) is 24.3 Å². The second-order valence-corrected chi connectivity index (χ2v) is 8.94. The van der Waals surface area contributed by atoms with E-state index < -0.39 is 0 Å². The van der Waals surface area contributed by atoms with Crippen molar-refractivity contribution in [3.05, 3.63) is 66.1 Å². The average molecular weight is 449 g/mol. The lowest BCUT2D eigenvalue weighted by atomic mass is 10.2. The van der Waals surface area contributed by atoms with E-state index in [1.807, 2.05) is 37.3 Å². The number of aryl methyl sites for hydroxylation is 1. The van der Waals surface area contributed by atoms with E-state index in [0.29, 0.717) is 25.0 Å². The van der Waals surface area contributed by atoms with Crippen LogP contribution in [0.3, 0.4) is 0 Å². The van der Waals surface area contributed by atoms with Crippen LogP contribution in [0.15, 0.2) is 64.2 Å². The molecule has 0 saturated carbocycles. The van der Waals surface area contributed by atoms with E-state index in [-0.39, 0.29) is 5.25 Å². The highest BCUT2D eigenvalue weighted by molar-refractivity contribution is 7.99. The third-order valence-electron chi connectivity index (χ3n) is 5.26. The molecule has 0 aliphatic carbocycles. The molecule has 1 aliphatic rings. The Morgan fingerprint density at radius 1 is 0.938 bits per heavy atom. The number of morpholine rings is 1. The fourth-order valence-electron chi connectivity index (χ4n) is 3.60. The third-order valence-corrected chi connectivity index (χ3v) is 6.29. The van der Waals surface area contributed by atoms with Gasteiger partial charge in [-0.25, -0.2) is 0 Å². The number of ether oxygens (including phenoxy) is 1. The quantitative estimate of drug-likeness (QED) is 0.404. The molecular weight excluding hydrogens is 424 g/mol. The van der Waals surface area contributed by atoms with Gasteiger partial charge < -0.3 is 14.1 Å². The molecule has 2 aromatic heterocycles. The molecule has 32 heavy (non-hydrogen) atoms. The number of hydrogen-bond acceptors (Lipinski definition) is 8. The van der Waals surface area contributed by atoms with Crippen LogP contribution in [0.5, 0.6) is 0 Å². The Morgan fingerprint density at radius 2 is 1.75 bits per heavy atom. The minimum atomic E-state index is -0.0924. The van der Waals surface area contributed by atoms with Gasteiger partial charge in [-0.05, 0) is 43.7 Å². The molecule has 0 bridgehead atoms. The zero-order chi connectivity index (χ0) is 21.9. The Bertz CT molecular complexity index is 1190. The summed E-state index contributed by atoms with van der Waals surface area (Å²) < 4.78 is 13.6. The highest BCUT2D eigenvalue weighted by Crippen LogP contribution is 2.37. The van der Waals surface area contributed by atoms with Gasteiger partial charge >= 0.3 is 0 Å². The zero-order valence-corrected chi connectivity index (χ0v) is 18.8. The molecule has 0 spiro atoms. The molecule has 164 valence electrons. The number of aromatic nitrogens is 5. The first kappa shape index (κ1) is 20.7. The van der Waals surface area contributed by atoms with Gasteiger partial charge in [-0.15, -0.1) is 20.4 Å². The topological polar surface area (TPSA) is 82.1 Å². The van der Waals surface area contributed by atoms with E-state index in [2.05, 4.69) is 61.1 Å². The van der Waals surface area contributed by atoms with Gasteiger partial charge in [0, 0.05) is 18.7 Å². The minimum Gasteiger partial charge on any atom is -0.419 e. The predicted octanol–water partition coefficient (Wildman–Crippen LogP) is 4.32. The summed E-state index contributed by atoms with van der Waals surface area (Å²) in [5.74, 6) is 1.90. The minimum absolute atomic E-state index is 0.0924. The van der Waals surface area contributed by atoms with Crippen LogP contribution in [0.1, 0.15) is 23.6 Å². The van der Waals surface area contributed by atoms with Gasteiger partial charge in [0.2, 0.25) is 17.7 Å². The maximum Gasteiger partial charge on any atom is 0.247 e. The summed E-state index contributed by atoms with van der Waals surface area (Å²) in [5, 5.41) is 18.3. The van der Waals surface area contributed by atoms with Crippen molar-refractivity contribution in [1.29, 1.82) is 0 Å². The first-order chi connectivity index (χ1) is 15.7. The molecule has 0 radical (unpaired) electrons. The van der Waals surface area contributed by atoms with E-state index in [1.165, 1.54) is 5.56 Å². The van der Waals surface area contributed by atoms with Gasteiger partial charge in [-0.3, -0.25) is 4.57 Å². The van der Waals surface area contributed by atoms with Gasteiger partial charge in [0.15, 0.2) is 5.16 Å². The first-order valence-corrected chi connectivity index (χ1v) is 11.5. The Balaban J connectivity index is 1.45. The second-order valence-electron chi connectivity index (χ2n) is 7.63. The number of thioether (sulfide) groups is 1. The molecule has 2 aromatic carbocycles. The SMILES string of the molecule is Cc1cccc(-n2c(S[C@H](C)c3nnc(-c4ccccc4)o3)nnc2N2CCOCC2)c1. The van der Waals surface area contributed by atoms with Crippen LogP contribution in [-0.2, 0) is 4.74 Å². The van der Waals surface area contributed by atoms with Gasteiger partial charge in [0.05, 0.1) is 24.2 Å². The molecule has 1 aliphatic heterocycles. The van der Waals surface area contributed by atoms with Crippen molar-refractivity contribution in [2.75, 3.05) is 31.2 Å². The van der Waals surface area contributed by atoms with Crippen molar-refractivity contribution in [3.63, 3.8) is 0 Å². The molecule has 0 N–H and O–H groups in total. The summed E-state index contributed by atoms with van der Waals surface area (Å²) in [6, 6.07) is 18.1. The Hall–Kier alpha value is -3.17. The van der Waals surface area contributed by atoms with Crippen LogP contribution in [0.2, 0.25) is 0 Å². The number of anilines is 1.